The molecule has 0 saturated heterocycles. The van der Waals surface area contributed by atoms with E-state index in [0.29, 0.717) is 22.3 Å². The highest BCUT2D eigenvalue weighted by atomic mass is 35.5. The van der Waals surface area contributed by atoms with Crippen LogP contribution in [0.25, 0.3) is 11.4 Å². The van der Waals surface area contributed by atoms with Crippen LogP contribution in [0.4, 0.5) is 0 Å². The van der Waals surface area contributed by atoms with Gasteiger partial charge in [0.15, 0.2) is 0 Å². The molecule has 5 nitrogen and oxygen atoms in total. The molecule has 0 aliphatic rings. The van der Waals surface area contributed by atoms with Crippen molar-refractivity contribution in [2.24, 2.45) is 0 Å². The smallest absolute Gasteiger partial charge is 0.251 e. The lowest BCUT2D eigenvalue weighted by molar-refractivity contribution is 0.0932. The van der Waals surface area contributed by atoms with Crippen molar-refractivity contribution in [3.05, 3.63) is 70.6 Å². The summed E-state index contributed by atoms with van der Waals surface area (Å²) in [4.78, 5) is 16.7. The Morgan fingerprint density at radius 1 is 1.07 bits per heavy atom. The fourth-order valence-corrected chi connectivity index (χ4v) is 2.72. The Hall–Kier alpha value is -2.66. The van der Waals surface area contributed by atoms with E-state index in [1.165, 1.54) is 5.56 Å². The van der Waals surface area contributed by atoms with Crippen LogP contribution in [0.1, 0.15) is 55.5 Å². The molecule has 0 aliphatic heterocycles. The Balaban J connectivity index is 1.71. The van der Waals surface area contributed by atoms with Gasteiger partial charge in [-0.2, -0.15) is 4.98 Å². The molecular weight excluding hydrogens is 362 g/mol. The number of benzene rings is 2. The van der Waals surface area contributed by atoms with Gasteiger partial charge in [0.05, 0.1) is 0 Å². The van der Waals surface area contributed by atoms with Gasteiger partial charge >= 0.3 is 0 Å². The van der Waals surface area contributed by atoms with E-state index in [1.807, 2.05) is 12.1 Å². The number of rotatable bonds is 4. The van der Waals surface area contributed by atoms with Crippen LogP contribution in [0.2, 0.25) is 5.02 Å². The van der Waals surface area contributed by atoms with Crippen molar-refractivity contribution >= 4 is 17.5 Å². The molecule has 1 N–H and O–H groups in total. The van der Waals surface area contributed by atoms with Gasteiger partial charge in [-0.25, -0.2) is 0 Å². The van der Waals surface area contributed by atoms with Crippen molar-refractivity contribution in [1.29, 1.82) is 0 Å². The third kappa shape index (κ3) is 4.55. The average Bonchev–Trinajstić information content (AvgIpc) is 3.12. The molecule has 140 valence electrons. The molecule has 0 fully saturated rings. The second kappa shape index (κ2) is 7.53. The predicted octanol–water partition coefficient (Wildman–Crippen LogP) is 5.18. The highest BCUT2D eigenvalue weighted by molar-refractivity contribution is 6.30. The number of amides is 1. The summed E-state index contributed by atoms with van der Waals surface area (Å²) in [6.07, 6.45) is 0. The Morgan fingerprint density at radius 2 is 1.70 bits per heavy atom. The molecule has 6 heteroatoms. The third-order valence-electron chi connectivity index (χ3n) is 4.28. The quantitative estimate of drug-likeness (QED) is 0.674. The zero-order valence-electron chi connectivity index (χ0n) is 15.8. The first kappa shape index (κ1) is 19.1. The standard InChI is InChI=1S/C21H22ClN3O2/c1-13(23-19(26)15-7-11-17(22)12-8-15)20-24-18(25-27-20)14-5-9-16(10-6-14)21(2,3)4/h5-13H,1-4H3,(H,23,26)/t13-/m1/s1. The van der Waals surface area contributed by atoms with E-state index in [-0.39, 0.29) is 11.3 Å². The Kier molecular flexibility index (Phi) is 5.33. The molecule has 1 atom stereocenters. The van der Waals surface area contributed by atoms with Crippen LogP contribution in [0.15, 0.2) is 53.1 Å². The van der Waals surface area contributed by atoms with Crippen LogP contribution in [-0.2, 0) is 5.41 Å². The number of carbonyl (C=O) groups is 1. The van der Waals surface area contributed by atoms with Gasteiger partial charge in [-0.3, -0.25) is 4.79 Å². The van der Waals surface area contributed by atoms with E-state index in [0.717, 1.165) is 5.56 Å². The number of carbonyl (C=O) groups excluding carboxylic acids is 1. The zero-order chi connectivity index (χ0) is 19.6. The summed E-state index contributed by atoms with van der Waals surface area (Å²) in [7, 11) is 0. The summed E-state index contributed by atoms with van der Waals surface area (Å²) >= 11 is 5.85. The highest BCUT2D eigenvalue weighted by Crippen LogP contribution is 2.25. The number of hydrogen-bond donors (Lipinski definition) is 1. The summed E-state index contributed by atoms with van der Waals surface area (Å²) in [5, 5.41) is 7.47. The van der Waals surface area contributed by atoms with E-state index < -0.39 is 6.04 Å². The lowest BCUT2D eigenvalue weighted by Gasteiger charge is -2.18. The first-order valence-corrected chi connectivity index (χ1v) is 9.13. The van der Waals surface area contributed by atoms with Crippen LogP contribution in [0.3, 0.4) is 0 Å². The maximum Gasteiger partial charge on any atom is 0.251 e. The van der Waals surface area contributed by atoms with Gasteiger partial charge in [0.1, 0.15) is 6.04 Å². The molecule has 3 rings (SSSR count). The van der Waals surface area contributed by atoms with Crippen molar-refractivity contribution < 1.29 is 9.32 Å². The Labute approximate surface area is 163 Å². The molecular formula is C21H22ClN3O2. The van der Waals surface area contributed by atoms with E-state index in [1.54, 1.807) is 31.2 Å². The van der Waals surface area contributed by atoms with Crippen LogP contribution >= 0.6 is 11.6 Å². The Morgan fingerprint density at radius 3 is 2.30 bits per heavy atom. The largest absolute Gasteiger partial charge is 0.341 e. The number of nitrogens with one attached hydrogen (secondary N) is 1. The number of halogens is 1. The van der Waals surface area contributed by atoms with Gasteiger partial charge in [-0.15, -0.1) is 0 Å². The molecule has 0 saturated carbocycles. The first-order chi connectivity index (χ1) is 12.7. The lowest BCUT2D eigenvalue weighted by Crippen LogP contribution is -2.26. The maximum absolute atomic E-state index is 12.3. The second-order valence-electron chi connectivity index (χ2n) is 7.49. The number of hydrogen-bond acceptors (Lipinski definition) is 4. The van der Waals surface area contributed by atoms with Gasteiger partial charge in [0.25, 0.3) is 5.91 Å². The topological polar surface area (TPSA) is 68.0 Å². The van der Waals surface area contributed by atoms with Gasteiger partial charge in [-0.1, -0.05) is 61.8 Å². The molecule has 0 aliphatic carbocycles. The molecule has 3 aromatic rings. The summed E-state index contributed by atoms with van der Waals surface area (Å²) in [5.41, 5.74) is 2.71. The van der Waals surface area contributed by atoms with Crippen molar-refractivity contribution in [2.75, 3.05) is 0 Å². The van der Waals surface area contributed by atoms with Crippen LogP contribution in [0, 0.1) is 0 Å². The average molecular weight is 384 g/mol. The molecule has 27 heavy (non-hydrogen) atoms. The fourth-order valence-electron chi connectivity index (χ4n) is 2.59. The molecule has 1 aromatic heterocycles. The molecule has 0 bridgehead atoms. The third-order valence-corrected chi connectivity index (χ3v) is 4.53. The van der Waals surface area contributed by atoms with Crippen LogP contribution < -0.4 is 5.32 Å². The summed E-state index contributed by atoms with van der Waals surface area (Å²) in [5.74, 6) is 0.624. The SMILES string of the molecule is C[C@@H](NC(=O)c1ccc(Cl)cc1)c1nc(-c2ccc(C(C)(C)C)cc2)no1. The fraction of sp³-hybridized carbons (Fsp3) is 0.286. The highest BCUT2D eigenvalue weighted by Gasteiger charge is 2.19. The van der Waals surface area contributed by atoms with E-state index in [9.17, 15) is 4.79 Å². The zero-order valence-corrected chi connectivity index (χ0v) is 16.5. The molecule has 1 amide bonds. The van der Waals surface area contributed by atoms with Crippen LogP contribution in [0.5, 0.6) is 0 Å². The summed E-state index contributed by atoms with van der Waals surface area (Å²) < 4.78 is 5.34. The van der Waals surface area contributed by atoms with E-state index in [2.05, 4.69) is 48.4 Å². The van der Waals surface area contributed by atoms with E-state index >= 15 is 0 Å². The summed E-state index contributed by atoms with van der Waals surface area (Å²) in [6.45, 7) is 8.30. The molecule has 2 aromatic carbocycles. The van der Waals surface area contributed by atoms with Crippen molar-refractivity contribution in [3.63, 3.8) is 0 Å². The first-order valence-electron chi connectivity index (χ1n) is 8.75. The second-order valence-corrected chi connectivity index (χ2v) is 7.92. The minimum absolute atomic E-state index is 0.0847. The predicted molar refractivity (Wildman–Crippen MR) is 106 cm³/mol. The molecule has 1 heterocycles. The monoisotopic (exact) mass is 383 g/mol. The Bertz CT molecular complexity index is 925. The van der Waals surface area contributed by atoms with Gasteiger partial charge in [0.2, 0.25) is 11.7 Å². The van der Waals surface area contributed by atoms with E-state index in [4.69, 9.17) is 16.1 Å². The lowest BCUT2D eigenvalue weighted by atomic mass is 9.87. The molecule has 0 radical (unpaired) electrons. The van der Waals surface area contributed by atoms with Crippen molar-refractivity contribution in [1.82, 2.24) is 15.5 Å². The van der Waals surface area contributed by atoms with Gasteiger partial charge in [-0.05, 0) is 42.2 Å². The van der Waals surface area contributed by atoms with Crippen molar-refractivity contribution in [2.45, 2.75) is 39.2 Å². The van der Waals surface area contributed by atoms with Crippen molar-refractivity contribution in [3.8, 4) is 11.4 Å². The normalized spacial score (nSPS) is 12.6. The minimum atomic E-state index is -0.414. The van der Waals surface area contributed by atoms with Gasteiger partial charge in [0, 0.05) is 16.1 Å². The minimum Gasteiger partial charge on any atom is -0.341 e. The molecule has 0 spiro atoms. The van der Waals surface area contributed by atoms with Gasteiger partial charge < -0.3 is 9.84 Å². The number of nitrogens with zero attached hydrogens (tertiary/aromatic N) is 2. The molecule has 0 unspecified atom stereocenters. The van der Waals surface area contributed by atoms with Crippen LogP contribution in [-0.4, -0.2) is 16.0 Å². The summed E-state index contributed by atoms with van der Waals surface area (Å²) in [6, 6.07) is 14.4. The maximum atomic E-state index is 12.3. The number of aromatic nitrogens is 2.